The molecule has 5 heteroatoms. The summed E-state index contributed by atoms with van der Waals surface area (Å²) in [7, 11) is 1.62. The van der Waals surface area contributed by atoms with Gasteiger partial charge in [0.15, 0.2) is 17.6 Å². The zero-order valence-corrected chi connectivity index (χ0v) is 10.7. The van der Waals surface area contributed by atoms with Crippen LogP contribution in [0.15, 0.2) is 24.3 Å². The van der Waals surface area contributed by atoms with Gasteiger partial charge in [-0.1, -0.05) is 12.1 Å². The molecule has 0 aromatic heterocycles. The first-order chi connectivity index (χ1) is 8.65. The molecule has 0 aliphatic carbocycles. The maximum atomic E-state index is 11.7. The number of amides is 1. The van der Waals surface area contributed by atoms with Crippen molar-refractivity contribution < 1.29 is 19.4 Å². The summed E-state index contributed by atoms with van der Waals surface area (Å²) in [6, 6.07) is 6.55. The lowest BCUT2D eigenvalue weighted by Crippen LogP contribution is -2.37. The highest BCUT2D eigenvalue weighted by Gasteiger charge is 2.15. The summed E-state index contributed by atoms with van der Waals surface area (Å²) < 4.78 is 10.3. The summed E-state index contributed by atoms with van der Waals surface area (Å²) in [5, 5.41) is 12.2. The average Bonchev–Trinajstić information content (AvgIpc) is 2.37. The number of nitrogens with one attached hydrogen (secondary N) is 1. The summed E-state index contributed by atoms with van der Waals surface area (Å²) in [5.41, 5.74) is 0. The van der Waals surface area contributed by atoms with E-state index in [9.17, 15) is 9.90 Å². The van der Waals surface area contributed by atoms with Crippen molar-refractivity contribution in [2.45, 2.75) is 19.4 Å². The minimum atomic E-state index is -0.652. The molecule has 5 nitrogen and oxygen atoms in total. The number of carbonyl (C=O) groups is 1. The fraction of sp³-hybridized carbons (Fsp3) is 0.462. The first-order valence-electron chi connectivity index (χ1n) is 5.86. The van der Waals surface area contributed by atoms with E-state index < -0.39 is 6.10 Å². The Labute approximate surface area is 107 Å². The summed E-state index contributed by atoms with van der Waals surface area (Å²) in [6.07, 6.45) is 0.104. The number of rotatable bonds is 7. The van der Waals surface area contributed by atoms with E-state index in [1.165, 1.54) is 6.07 Å². The van der Waals surface area contributed by atoms with Crippen LogP contribution in [-0.4, -0.2) is 37.4 Å². The van der Waals surface area contributed by atoms with Crippen molar-refractivity contribution >= 4 is 5.91 Å². The fourth-order valence-electron chi connectivity index (χ4n) is 1.37. The van der Waals surface area contributed by atoms with Gasteiger partial charge in [-0.2, -0.15) is 0 Å². The number of para-hydroxylation sites is 2. The van der Waals surface area contributed by atoms with Crippen LogP contribution in [0, 0.1) is 0 Å². The number of ether oxygens (including phenoxy) is 2. The van der Waals surface area contributed by atoms with Crippen LogP contribution in [0.1, 0.15) is 13.3 Å². The summed E-state index contributed by atoms with van der Waals surface area (Å²) in [4.78, 5) is 11.7. The standard InChI is InChI=1S/C13H19NO4/c1-10(13(16)14-8-5-9-17-2)18-12-7-4-3-6-11(12)15/h3-4,6-7,10,15H,5,8-9H2,1-2H3,(H,14,16). The van der Waals surface area contributed by atoms with Gasteiger partial charge < -0.3 is 19.9 Å². The zero-order valence-electron chi connectivity index (χ0n) is 10.7. The SMILES string of the molecule is COCCCNC(=O)C(C)Oc1ccccc1O. The summed E-state index contributed by atoms with van der Waals surface area (Å²) >= 11 is 0. The number of methoxy groups -OCH3 is 1. The maximum absolute atomic E-state index is 11.7. The molecule has 1 aromatic carbocycles. The Morgan fingerprint density at radius 1 is 1.44 bits per heavy atom. The van der Waals surface area contributed by atoms with Crippen molar-refractivity contribution in [3.63, 3.8) is 0 Å². The number of carbonyl (C=O) groups excluding carboxylic acids is 1. The monoisotopic (exact) mass is 253 g/mol. The predicted molar refractivity (Wildman–Crippen MR) is 67.7 cm³/mol. The Kier molecular flexibility index (Phi) is 6.00. The Balaban J connectivity index is 2.38. The largest absolute Gasteiger partial charge is 0.504 e. The van der Waals surface area contributed by atoms with Crippen molar-refractivity contribution in [2.24, 2.45) is 0 Å². The van der Waals surface area contributed by atoms with E-state index >= 15 is 0 Å². The molecule has 0 saturated heterocycles. The molecule has 0 fully saturated rings. The van der Waals surface area contributed by atoms with Crippen LogP contribution in [0.3, 0.4) is 0 Å². The van der Waals surface area contributed by atoms with E-state index in [0.29, 0.717) is 18.9 Å². The molecule has 1 unspecified atom stereocenters. The van der Waals surface area contributed by atoms with Crippen LogP contribution < -0.4 is 10.1 Å². The van der Waals surface area contributed by atoms with Crippen LogP contribution in [0.5, 0.6) is 11.5 Å². The molecule has 2 N–H and O–H groups in total. The van der Waals surface area contributed by atoms with Gasteiger partial charge in [0, 0.05) is 20.3 Å². The van der Waals surface area contributed by atoms with E-state index in [1.54, 1.807) is 32.2 Å². The molecular formula is C13H19NO4. The second-order valence-electron chi connectivity index (χ2n) is 3.87. The third-order valence-electron chi connectivity index (χ3n) is 2.36. The Bertz CT molecular complexity index is 381. The molecule has 0 bridgehead atoms. The fourth-order valence-corrected chi connectivity index (χ4v) is 1.37. The van der Waals surface area contributed by atoms with E-state index in [-0.39, 0.29) is 11.7 Å². The van der Waals surface area contributed by atoms with Crippen LogP contribution in [0.25, 0.3) is 0 Å². The molecule has 0 spiro atoms. The van der Waals surface area contributed by atoms with E-state index in [0.717, 1.165) is 6.42 Å². The van der Waals surface area contributed by atoms with Gasteiger partial charge >= 0.3 is 0 Å². The van der Waals surface area contributed by atoms with Gasteiger partial charge in [-0.3, -0.25) is 4.79 Å². The second kappa shape index (κ2) is 7.55. The van der Waals surface area contributed by atoms with Gasteiger partial charge in [-0.05, 0) is 25.5 Å². The molecule has 1 amide bonds. The van der Waals surface area contributed by atoms with E-state index in [2.05, 4.69) is 5.32 Å². The molecule has 0 heterocycles. The van der Waals surface area contributed by atoms with Gasteiger partial charge in [0.2, 0.25) is 0 Å². The normalized spacial score (nSPS) is 11.9. The van der Waals surface area contributed by atoms with Crippen molar-refractivity contribution in [1.29, 1.82) is 0 Å². The quantitative estimate of drug-likeness (QED) is 0.719. The van der Waals surface area contributed by atoms with Crippen molar-refractivity contribution in [3.8, 4) is 11.5 Å². The molecule has 0 aliphatic rings. The lowest BCUT2D eigenvalue weighted by Gasteiger charge is -2.15. The first-order valence-corrected chi connectivity index (χ1v) is 5.86. The molecule has 0 radical (unpaired) electrons. The van der Waals surface area contributed by atoms with Crippen molar-refractivity contribution in [1.82, 2.24) is 5.32 Å². The predicted octanol–water partition coefficient (Wildman–Crippen LogP) is 1.31. The van der Waals surface area contributed by atoms with Gasteiger partial charge in [0.1, 0.15) is 0 Å². The maximum Gasteiger partial charge on any atom is 0.260 e. The van der Waals surface area contributed by atoms with Crippen molar-refractivity contribution in [3.05, 3.63) is 24.3 Å². The number of aromatic hydroxyl groups is 1. The van der Waals surface area contributed by atoms with Gasteiger partial charge in [0.25, 0.3) is 5.91 Å². The summed E-state index contributed by atoms with van der Waals surface area (Å²) in [6.45, 7) is 2.79. The second-order valence-corrected chi connectivity index (χ2v) is 3.87. The smallest absolute Gasteiger partial charge is 0.260 e. The highest BCUT2D eigenvalue weighted by Crippen LogP contribution is 2.25. The number of hydrogen-bond acceptors (Lipinski definition) is 4. The zero-order chi connectivity index (χ0) is 13.4. The van der Waals surface area contributed by atoms with Crippen LogP contribution >= 0.6 is 0 Å². The summed E-state index contributed by atoms with van der Waals surface area (Å²) in [5.74, 6) is 0.114. The van der Waals surface area contributed by atoms with Crippen LogP contribution in [-0.2, 0) is 9.53 Å². The van der Waals surface area contributed by atoms with Crippen LogP contribution in [0.4, 0.5) is 0 Å². The number of phenols is 1. The molecular weight excluding hydrogens is 234 g/mol. The van der Waals surface area contributed by atoms with Crippen molar-refractivity contribution in [2.75, 3.05) is 20.3 Å². The van der Waals surface area contributed by atoms with Gasteiger partial charge in [-0.25, -0.2) is 0 Å². The third-order valence-corrected chi connectivity index (χ3v) is 2.36. The highest BCUT2D eigenvalue weighted by molar-refractivity contribution is 5.80. The lowest BCUT2D eigenvalue weighted by molar-refractivity contribution is -0.127. The molecule has 1 atom stereocenters. The van der Waals surface area contributed by atoms with Gasteiger partial charge in [0.05, 0.1) is 0 Å². The minimum absolute atomic E-state index is 0.0246. The number of hydrogen-bond donors (Lipinski definition) is 2. The van der Waals surface area contributed by atoms with Gasteiger partial charge in [-0.15, -0.1) is 0 Å². The van der Waals surface area contributed by atoms with E-state index in [1.807, 2.05) is 0 Å². The molecule has 18 heavy (non-hydrogen) atoms. The Morgan fingerprint density at radius 2 is 2.17 bits per heavy atom. The molecule has 0 saturated carbocycles. The third kappa shape index (κ3) is 4.63. The first kappa shape index (κ1) is 14.3. The minimum Gasteiger partial charge on any atom is -0.504 e. The Morgan fingerprint density at radius 3 is 2.83 bits per heavy atom. The lowest BCUT2D eigenvalue weighted by atomic mass is 10.3. The number of phenolic OH excluding ortho intramolecular Hbond substituents is 1. The number of benzene rings is 1. The average molecular weight is 253 g/mol. The van der Waals surface area contributed by atoms with Crippen LogP contribution in [0.2, 0.25) is 0 Å². The Hall–Kier alpha value is -1.75. The van der Waals surface area contributed by atoms with E-state index in [4.69, 9.17) is 9.47 Å². The molecule has 100 valence electrons. The highest BCUT2D eigenvalue weighted by atomic mass is 16.5. The topological polar surface area (TPSA) is 67.8 Å². The molecule has 0 aliphatic heterocycles. The molecule has 1 aromatic rings. The molecule has 1 rings (SSSR count).